The van der Waals surface area contributed by atoms with Crippen molar-refractivity contribution in [1.29, 1.82) is 0 Å². The van der Waals surface area contributed by atoms with E-state index in [2.05, 4.69) is 15.5 Å². The topological polar surface area (TPSA) is 68.0 Å². The van der Waals surface area contributed by atoms with E-state index in [0.29, 0.717) is 24.0 Å². The normalized spacial score (nSPS) is 12.2. The number of rotatable bonds is 7. The average Bonchev–Trinajstić information content (AvgIpc) is 3.32. The zero-order valence-corrected chi connectivity index (χ0v) is 14.8. The molecule has 120 valence electrons. The lowest BCUT2D eigenvalue weighted by molar-refractivity contribution is -0.120. The van der Waals surface area contributed by atoms with Gasteiger partial charge in [-0.25, -0.2) is 0 Å². The van der Waals surface area contributed by atoms with Crippen LogP contribution in [0.25, 0.3) is 10.7 Å². The summed E-state index contributed by atoms with van der Waals surface area (Å²) in [6.07, 6.45) is 0. The van der Waals surface area contributed by atoms with Crippen LogP contribution in [0.15, 0.2) is 39.5 Å². The van der Waals surface area contributed by atoms with Crippen molar-refractivity contribution >= 4 is 40.3 Å². The number of nitrogens with one attached hydrogen (secondary N) is 1. The van der Waals surface area contributed by atoms with Crippen LogP contribution in [0.3, 0.4) is 0 Å². The largest absolute Gasteiger partial charge is 0.350 e. The van der Waals surface area contributed by atoms with Gasteiger partial charge in [0.1, 0.15) is 0 Å². The van der Waals surface area contributed by atoms with Gasteiger partial charge in [-0.2, -0.15) is 4.98 Å². The Morgan fingerprint density at radius 2 is 2.17 bits per heavy atom. The van der Waals surface area contributed by atoms with Crippen molar-refractivity contribution in [3.8, 4) is 10.7 Å². The summed E-state index contributed by atoms with van der Waals surface area (Å²) in [6.45, 7) is 2.45. The summed E-state index contributed by atoms with van der Waals surface area (Å²) in [5.41, 5.74) is 0. The molecule has 8 heteroatoms. The molecule has 3 aromatic rings. The molecule has 0 spiro atoms. The van der Waals surface area contributed by atoms with Gasteiger partial charge in [0.2, 0.25) is 17.6 Å². The molecule has 3 heterocycles. The maximum atomic E-state index is 12.1. The molecule has 0 aromatic carbocycles. The Kier molecular flexibility index (Phi) is 5.47. The molecular formula is C15H15N3O2S3. The van der Waals surface area contributed by atoms with Crippen LogP contribution in [0, 0.1) is 0 Å². The van der Waals surface area contributed by atoms with Gasteiger partial charge in [-0.05, 0) is 29.8 Å². The van der Waals surface area contributed by atoms with E-state index in [0.717, 1.165) is 9.75 Å². The van der Waals surface area contributed by atoms with E-state index in [-0.39, 0.29) is 11.2 Å². The second-order valence-electron chi connectivity index (χ2n) is 4.74. The zero-order chi connectivity index (χ0) is 16.1. The first-order valence-electron chi connectivity index (χ1n) is 7.00. The minimum atomic E-state index is -0.174. The van der Waals surface area contributed by atoms with E-state index in [1.165, 1.54) is 11.8 Å². The molecule has 0 bridgehead atoms. The Balaban J connectivity index is 1.46. The molecule has 0 saturated carbocycles. The van der Waals surface area contributed by atoms with Crippen molar-refractivity contribution in [2.45, 2.75) is 24.5 Å². The van der Waals surface area contributed by atoms with Crippen molar-refractivity contribution in [2.24, 2.45) is 0 Å². The van der Waals surface area contributed by atoms with E-state index in [9.17, 15) is 4.79 Å². The molecule has 1 unspecified atom stereocenters. The van der Waals surface area contributed by atoms with Crippen molar-refractivity contribution in [2.75, 3.05) is 0 Å². The molecule has 3 rings (SSSR count). The highest BCUT2D eigenvalue weighted by Crippen LogP contribution is 2.23. The monoisotopic (exact) mass is 365 g/mol. The van der Waals surface area contributed by atoms with Crippen LogP contribution in [0.1, 0.15) is 17.7 Å². The molecule has 5 nitrogen and oxygen atoms in total. The Morgan fingerprint density at radius 3 is 2.91 bits per heavy atom. The molecule has 0 radical (unpaired) electrons. The highest BCUT2D eigenvalue weighted by atomic mass is 32.2. The van der Waals surface area contributed by atoms with Crippen LogP contribution >= 0.6 is 34.4 Å². The van der Waals surface area contributed by atoms with E-state index in [1.54, 1.807) is 22.7 Å². The van der Waals surface area contributed by atoms with Gasteiger partial charge in [0.05, 0.1) is 22.4 Å². The number of carbonyl (C=O) groups excluding carboxylic acids is 1. The van der Waals surface area contributed by atoms with E-state index >= 15 is 0 Å². The first-order chi connectivity index (χ1) is 11.2. The Hall–Kier alpha value is -1.64. The summed E-state index contributed by atoms with van der Waals surface area (Å²) < 4.78 is 5.23. The van der Waals surface area contributed by atoms with Crippen molar-refractivity contribution < 1.29 is 9.32 Å². The third kappa shape index (κ3) is 4.43. The number of nitrogens with zero attached hydrogens (tertiary/aromatic N) is 2. The average molecular weight is 366 g/mol. The summed E-state index contributed by atoms with van der Waals surface area (Å²) in [5, 5.41) is 10.7. The lowest BCUT2D eigenvalue weighted by atomic mass is 10.4. The molecule has 1 amide bonds. The lowest BCUT2D eigenvalue weighted by Gasteiger charge is -2.10. The van der Waals surface area contributed by atoms with Gasteiger partial charge in [0.25, 0.3) is 0 Å². The number of aromatic nitrogens is 2. The maximum absolute atomic E-state index is 12.1. The highest BCUT2D eigenvalue weighted by Gasteiger charge is 2.16. The molecule has 0 saturated heterocycles. The minimum Gasteiger partial charge on any atom is -0.350 e. The first kappa shape index (κ1) is 16.2. The minimum absolute atomic E-state index is 0.0152. The predicted molar refractivity (Wildman–Crippen MR) is 94.5 cm³/mol. The molecule has 0 aliphatic rings. The fourth-order valence-electron chi connectivity index (χ4n) is 1.82. The van der Waals surface area contributed by atoms with E-state index < -0.39 is 0 Å². The van der Waals surface area contributed by atoms with Crippen LogP contribution in [-0.4, -0.2) is 21.3 Å². The Morgan fingerprint density at radius 1 is 1.35 bits per heavy atom. The van der Waals surface area contributed by atoms with Gasteiger partial charge < -0.3 is 9.84 Å². The second kappa shape index (κ2) is 7.76. The van der Waals surface area contributed by atoms with Crippen LogP contribution in [0.4, 0.5) is 0 Å². The quantitative estimate of drug-likeness (QED) is 0.690. The zero-order valence-electron chi connectivity index (χ0n) is 12.4. The van der Waals surface area contributed by atoms with Gasteiger partial charge in [-0.1, -0.05) is 17.3 Å². The molecule has 0 aliphatic heterocycles. The third-order valence-electron chi connectivity index (χ3n) is 3.05. The summed E-state index contributed by atoms with van der Waals surface area (Å²) >= 11 is 4.69. The van der Waals surface area contributed by atoms with Gasteiger partial charge >= 0.3 is 0 Å². The Bertz CT molecular complexity index is 738. The van der Waals surface area contributed by atoms with Gasteiger partial charge in [0, 0.05) is 4.88 Å². The maximum Gasteiger partial charge on any atom is 0.237 e. The summed E-state index contributed by atoms with van der Waals surface area (Å²) in [6, 6.07) is 7.89. The standard InChI is InChI=1S/C15H15N3O2S3/c1-10(15(19)16-8-11-4-2-6-21-11)23-9-13-17-14(18-20-13)12-5-3-7-22-12/h2-7,10H,8-9H2,1H3,(H,16,19). The van der Waals surface area contributed by atoms with Crippen LogP contribution in [-0.2, 0) is 17.1 Å². The number of hydrogen-bond donors (Lipinski definition) is 1. The van der Waals surface area contributed by atoms with Crippen molar-refractivity contribution in [3.63, 3.8) is 0 Å². The molecule has 3 aromatic heterocycles. The lowest BCUT2D eigenvalue weighted by Crippen LogP contribution is -2.30. The summed E-state index contributed by atoms with van der Waals surface area (Å²) in [5.74, 6) is 1.68. The number of thiophene rings is 2. The van der Waals surface area contributed by atoms with Crippen molar-refractivity contribution in [3.05, 3.63) is 45.8 Å². The molecule has 23 heavy (non-hydrogen) atoms. The smallest absolute Gasteiger partial charge is 0.237 e. The van der Waals surface area contributed by atoms with E-state index in [4.69, 9.17) is 4.52 Å². The SMILES string of the molecule is CC(SCc1nc(-c2cccs2)no1)C(=O)NCc1cccs1. The van der Waals surface area contributed by atoms with Gasteiger partial charge in [-0.15, -0.1) is 34.4 Å². The predicted octanol–water partition coefficient (Wildman–Crippen LogP) is 3.80. The van der Waals surface area contributed by atoms with Gasteiger partial charge in [-0.3, -0.25) is 4.79 Å². The molecular weight excluding hydrogens is 350 g/mol. The summed E-state index contributed by atoms with van der Waals surface area (Å²) in [7, 11) is 0. The second-order valence-corrected chi connectivity index (χ2v) is 8.05. The van der Waals surface area contributed by atoms with Crippen LogP contribution < -0.4 is 5.32 Å². The summed E-state index contributed by atoms with van der Waals surface area (Å²) in [4.78, 5) is 18.5. The van der Waals surface area contributed by atoms with Crippen LogP contribution in [0.2, 0.25) is 0 Å². The molecule has 0 aliphatic carbocycles. The fraction of sp³-hybridized carbons (Fsp3) is 0.267. The van der Waals surface area contributed by atoms with E-state index in [1.807, 2.05) is 41.9 Å². The van der Waals surface area contributed by atoms with Crippen LogP contribution in [0.5, 0.6) is 0 Å². The number of amides is 1. The first-order valence-corrected chi connectivity index (χ1v) is 9.81. The number of thioether (sulfide) groups is 1. The fourth-order valence-corrected chi connectivity index (χ4v) is 3.86. The molecule has 1 N–H and O–H groups in total. The third-order valence-corrected chi connectivity index (χ3v) is 5.92. The Labute approximate surface area is 146 Å². The number of hydrogen-bond acceptors (Lipinski definition) is 7. The highest BCUT2D eigenvalue weighted by molar-refractivity contribution is 7.99. The molecule has 0 fully saturated rings. The van der Waals surface area contributed by atoms with Gasteiger partial charge in [0.15, 0.2) is 0 Å². The van der Waals surface area contributed by atoms with Crippen molar-refractivity contribution in [1.82, 2.24) is 15.5 Å². The molecule has 1 atom stereocenters. The number of carbonyl (C=O) groups is 1.